The summed E-state index contributed by atoms with van der Waals surface area (Å²) in [6, 6.07) is 9.40. The molecular formula is C24H27FN4O3. The summed E-state index contributed by atoms with van der Waals surface area (Å²) < 4.78 is 14.1. The molecule has 2 aromatic rings. The number of piperazine rings is 1. The minimum atomic E-state index is -1.41. The Morgan fingerprint density at radius 2 is 2.03 bits per heavy atom. The van der Waals surface area contributed by atoms with Crippen molar-refractivity contribution in [3.63, 3.8) is 0 Å². The number of benzene rings is 1. The maximum Gasteiger partial charge on any atom is 0.241 e. The minimum absolute atomic E-state index is 0.0717. The number of pyridine rings is 1. The number of aromatic nitrogens is 1. The average molecular weight is 439 g/mol. The van der Waals surface area contributed by atoms with Crippen molar-refractivity contribution in [2.75, 3.05) is 26.7 Å². The molecule has 4 rings (SSSR count). The van der Waals surface area contributed by atoms with E-state index in [1.165, 1.54) is 23.1 Å². The molecule has 0 unspecified atom stereocenters. The second-order valence-electron chi connectivity index (χ2n) is 8.76. The first-order valence-electron chi connectivity index (χ1n) is 10.8. The number of carbonyl (C=O) groups is 3. The molecule has 0 N–H and O–H groups in total. The summed E-state index contributed by atoms with van der Waals surface area (Å²) in [5.74, 6) is -1.54. The Hall–Kier alpha value is -3.13. The van der Waals surface area contributed by atoms with Gasteiger partial charge in [-0.1, -0.05) is 18.2 Å². The van der Waals surface area contributed by atoms with E-state index in [2.05, 4.69) is 9.88 Å². The van der Waals surface area contributed by atoms with Crippen LogP contribution in [0, 0.1) is 5.82 Å². The average Bonchev–Trinajstić information content (AvgIpc) is 3.01. The molecule has 1 aromatic heterocycles. The summed E-state index contributed by atoms with van der Waals surface area (Å²) in [5.41, 5.74) is -0.339. The Bertz CT molecular complexity index is 1030. The van der Waals surface area contributed by atoms with Crippen molar-refractivity contribution in [2.45, 2.75) is 37.8 Å². The molecule has 0 bridgehead atoms. The molecule has 3 heterocycles. The van der Waals surface area contributed by atoms with Gasteiger partial charge in [-0.05, 0) is 43.3 Å². The lowest BCUT2D eigenvalue weighted by Gasteiger charge is -2.39. The molecule has 8 heteroatoms. The monoisotopic (exact) mass is 438 g/mol. The lowest BCUT2D eigenvalue weighted by atomic mass is 9.75. The van der Waals surface area contributed by atoms with Crippen LogP contribution in [0.4, 0.5) is 4.39 Å². The minimum Gasteiger partial charge on any atom is -0.340 e. The lowest BCUT2D eigenvalue weighted by Crippen LogP contribution is -2.53. The van der Waals surface area contributed by atoms with Crippen molar-refractivity contribution < 1.29 is 18.8 Å². The smallest absolute Gasteiger partial charge is 0.241 e. The fraction of sp³-hybridized carbons (Fsp3) is 0.417. The highest BCUT2D eigenvalue weighted by molar-refractivity contribution is 6.10. The van der Waals surface area contributed by atoms with Crippen molar-refractivity contribution in [2.24, 2.45) is 0 Å². The molecular weight excluding hydrogens is 411 g/mol. The van der Waals surface area contributed by atoms with Crippen LogP contribution in [-0.2, 0) is 26.3 Å². The first-order valence-corrected chi connectivity index (χ1v) is 10.8. The van der Waals surface area contributed by atoms with Crippen molar-refractivity contribution in [1.29, 1.82) is 0 Å². The van der Waals surface area contributed by atoms with Gasteiger partial charge in [0.2, 0.25) is 17.7 Å². The number of nitrogens with zero attached hydrogens (tertiary/aromatic N) is 4. The molecule has 0 saturated carbocycles. The summed E-state index contributed by atoms with van der Waals surface area (Å²) in [6.45, 7) is 3.96. The van der Waals surface area contributed by atoms with Gasteiger partial charge in [0.15, 0.2) is 0 Å². The summed E-state index contributed by atoms with van der Waals surface area (Å²) in [4.78, 5) is 49.1. The lowest BCUT2D eigenvalue weighted by molar-refractivity contribution is -0.144. The number of likely N-dealkylation sites (N-methyl/N-ethyl adjacent to an activating group) is 1. The number of rotatable bonds is 5. The van der Waals surface area contributed by atoms with Gasteiger partial charge in [0.1, 0.15) is 5.82 Å². The zero-order chi connectivity index (χ0) is 22.9. The highest BCUT2D eigenvalue weighted by atomic mass is 19.1. The van der Waals surface area contributed by atoms with E-state index in [0.29, 0.717) is 24.2 Å². The van der Waals surface area contributed by atoms with Crippen LogP contribution < -0.4 is 0 Å². The molecule has 1 aromatic carbocycles. The molecule has 2 aliphatic heterocycles. The highest BCUT2D eigenvalue weighted by Crippen LogP contribution is 2.41. The maximum atomic E-state index is 14.1. The topological polar surface area (TPSA) is 73.8 Å². The van der Waals surface area contributed by atoms with E-state index in [1.54, 1.807) is 35.5 Å². The third-order valence-corrected chi connectivity index (χ3v) is 6.61. The van der Waals surface area contributed by atoms with Gasteiger partial charge in [-0.2, -0.15) is 0 Å². The SMILES string of the molecule is C[C@@H]1CN(C(=O)C[C@]2(c3cccc(F)c3)CC(=O)N(Cc3cccnc3)C2=O)CCN1C. The van der Waals surface area contributed by atoms with Crippen LogP contribution in [0.25, 0.3) is 0 Å². The second-order valence-corrected chi connectivity index (χ2v) is 8.76. The summed E-state index contributed by atoms with van der Waals surface area (Å²) in [6.07, 6.45) is 2.88. The van der Waals surface area contributed by atoms with E-state index < -0.39 is 17.1 Å². The molecule has 0 spiro atoms. The summed E-state index contributed by atoms with van der Waals surface area (Å²) in [5, 5.41) is 0. The Kier molecular flexibility index (Phi) is 6.06. The highest BCUT2D eigenvalue weighted by Gasteiger charge is 2.54. The number of halogens is 1. The fourth-order valence-electron chi connectivity index (χ4n) is 4.53. The zero-order valence-corrected chi connectivity index (χ0v) is 18.3. The standard InChI is InChI=1S/C24H27FN4O3/c1-17-15-28(10-9-27(17)2)21(30)12-24(19-6-3-7-20(25)11-19)13-22(31)29(23(24)32)16-18-5-4-8-26-14-18/h3-8,11,14,17H,9-10,12-13,15-16H2,1-2H3/t17-,24-/m1/s1. The predicted molar refractivity (Wildman–Crippen MR) is 116 cm³/mol. The molecule has 168 valence electrons. The van der Waals surface area contributed by atoms with Gasteiger partial charge in [0.25, 0.3) is 0 Å². The van der Waals surface area contributed by atoms with Gasteiger partial charge in [-0.15, -0.1) is 0 Å². The zero-order valence-electron chi connectivity index (χ0n) is 18.3. The number of imide groups is 1. The largest absolute Gasteiger partial charge is 0.340 e. The number of hydrogen-bond acceptors (Lipinski definition) is 5. The van der Waals surface area contributed by atoms with Crippen molar-refractivity contribution in [3.8, 4) is 0 Å². The van der Waals surface area contributed by atoms with E-state index in [0.717, 1.165) is 6.54 Å². The fourth-order valence-corrected chi connectivity index (χ4v) is 4.53. The number of amides is 3. The van der Waals surface area contributed by atoms with Gasteiger partial charge in [0, 0.05) is 50.9 Å². The molecule has 2 saturated heterocycles. The summed E-state index contributed by atoms with van der Waals surface area (Å²) in [7, 11) is 2.01. The predicted octanol–water partition coefficient (Wildman–Crippen LogP) is 1.97. The van der Waals surface area contributed by atoms with E-state index in [1.807, 2.05) is 14.0 Å². The first-order chi connectivity index (χ1) is 15.3. The van der Waals surface area contributed by atoms with Crippen molar-refractivity contribution in [3.05, 3.63) is 65.7 Å². The van der Waals surface area contributed by atoms with Crippen LogP contribution in [0.1, 0.15) is 30.9 Å². The van der Waals surface area contributed by atoms with Crippen molar-refractivity contribution >= 4 is 17.7 Å². The van der Waals surface area contributed by atoms with Crippen molar-refractivity contribution in [1.82, 2.24) is 19.7 Å². The van der Waals surface area contributed by atoms with E-state index in [-0.39, 0.29) is 37.2 Å². The number of likely N-dealkylation sites (tertiary alicyclic amines) is 1. The van der Waals surface area contributed by atoms with Gasteiger partial charge >= 0.3 is 0 Å². The third kappa shape index (κ3) is 4.14. The number of hydrogen-bond donors (Lipinski definition) is 0. The summed E-state index contributed by atoms with van der Waals surface area (Å²) >= 11 is 0. The van der Waals surface area contributed by atoms with Gasteiger partial charge in [-0.3, -0.25) is 24.3 Å². The molecule has 0 radical (unpaired) electrons. The van der Waals surface area contributed by atoms with Crippen LogP contribution in [0.3, 0.4) is 0 Å². The van der Waals surface area contributed by atoms with E-state index >= 15 is 0 Å². The number of carbonyl (C=O) groups excluding carboxylic acids is 3. The van der Waals surface area contributed by atoms with Crippen LogP contribution in [0.5, 0.6) is 0 Å². The maximum absolute atomic E-state index is 14.1. The van der Waals surface area contributed by atoms with Gasteiger partial charge in [0.05, 0.1) is 12.0 Å². The molecule has 0 aliphatic carbocycles. The molecule has 2 fully saturated rings. The third-order valence-electron chi connectivity index (χ3n) is 6.61. The van der Waals surface area contributed by atoms with Gasteiger partial charge in [-0.25, -0.2) is 4.39 Å². The molecule has 32 heavy (non-hydrogen) atoms. The van der Waals surface area contributed by atoms with E-state index in [4.69, 9.17) is 0 Å². The van der Waals surface area contributed by atoms with E-state index in [9.17, 15) is 18.8 Å². The Morgan fingerprint density at radius 3 is 2.72 bits per heavy atom. The molecule has 3 amide bonds. The quantitative estimate of drug-likeness (QED) is 0.668. The first kappa shape index (κ1) is 22.1. The van der Waals surface area contributed by atoms with Crippen LogP contribution in [-0.4, -0.2) is 70.1 Å². The normalized spacial score (nSPS) is 24.3. The molecule has 2 aliphatic rings. The van der Waals surface area contributed by atoms with Crippen LogP contribution >= 0.6 is 0 Å². The molecule has 2 atom stereocenters. The Labute approximate surface area is 186 Å². The Morgan fingerprint density at radius 1 is 1.22 bits per heavy atom. The second kappa shape index (κ2) is 8.78. The Balaban J connectivity index is 1.66. The van der Waals surface area contributed by atoms with Gasteiger partial charge < -0.3 is 9.80 Å². The van der Waals surface area contributed by atoms with Crippen LogP contribution in [0.2, 0.25) is 0 Å². The molecule has 7 nitrogen and oxygen atoms in total. The van der Waals surface area contributed by atoms with Crippen LogP contribution in [0.15, 0.2) is 48.8 Å².